The lowest BCUT2D eigenvalue weighted by atomic mass is 10.1. The number of anilines is 2. The number of methoxy groups -OCH3 is 1. The molecule has 0 bridgehead atoms. The molecule has 1 heterocycles. The zero-order valence-electron chi connectivity index (χ0n) is 13.7. The minimum Gasteiger partial charge on any atom is -0.497 e. The number of likely N-dealkylation sites (N-methyl/N-ethyl adjacent to an activating group) is 1. The van der Waals surface area contributed by atoms with Crippen molar-refractivity contribution in [3.8, 4) is 11.5 Å². The molecule has 0 aromatic heterocycles. The molecule has 0 unspecified atom stereocenters. The van der Waals surface area contributed by atoms with E-state index in [2.05, 4.69) is 5.32 Å². The topological polar surface area (TPSA) is 67.9 Å². The molecule has 0 saturated carbocycles. The number of carbonyl (C=O) groups excluding carboxylic acids is 2. The average Bonchev–Trinajstić information content (AvgIpc) is 2.60. The SMILES string of the molecule is COc1cccc(C(=O)Nc2ccc3c(c2)N(C)C(=O)[C@@H](C)O3)c1. The second-order valence-corrected chi connectivity index (χ2v) is 5.53. The summed E-state index contributed by atoms with van der Waals surface area (Å²) in [5.74, 6) is 0.844. The smallest absolute Gasteiger partial charge is 0.267 e. The van der Waals surface area contributed by atoms with Crippen LogP contribution in [0.4, 0.5) is 11.4 Å². The van der Waals surface area contributed by atoms with Crippen LogP contribution in [0.25, 0.3) is 0 Å². The molecule has 2 aromatic carbocycles. The molecule has 0 radical (unpaired) electrons. The summed E-state index contributed by atoms with van der Waals surface area (Å²) >= 11 is 0. The van der Waals surface area contributed by atoms with Crippen LogP contribution in [-0.4, -0.2) is 32.1 Å². The first-order valence-corrected chi connectivity index (χ1v) is 7.53. The van der Waals surface area contributed by atoms with E-state index < -0.39 is 6.10 Å². The summed E-state index contributed by atoms with van der Waals surface area (Å²) in [6.07, 6.45) is -0.514. The second-order valence-electron chi connectivity index (χ2n) is 5.53. The highest BCUT2D eigenvalue weighted by Gasteiger charge is 2.29. The third-order valence-corrected chi connectivity index (χ3v) is 3.89. The van der Waals surface area contributed by atoms with Crippen molar-refractivity contribution in [2.45, 2.75) is 13.0 Å². The number of hydrogen-bond acceptors (Lipinski definition) is 4. The van der Waals surface area contributed by atoms with Crippen LogP contribution in [0.1, 0.15) is 17.3 Å². The Bertz CT molecular complexity index is 803. The Kier molecular flexibility index (Phi) is 4.12. The highest BCUT2D eigenvalue weighted by Crippen LogP contribution is 2.35. The van der Waals surface area contributed by atoms with Gasteiger partial charge in [0.25, 0.3) is 11.8 Å². The summed E-state index contributed by atoms with van der Waals surface area (Å²) in [5, 5.41) is 2.82. The summed E-state index contributed by atoms with van der Waals surface area (Å²) in [7, 11) is 3.24. The van der Waals surface area contributed by atoms with Gasteiger partial charge in [0.15, 0.2) is 6.10 Å². The van der Waals surface area contributed by atoms with Crippen LogP contribution < -0.4 is 19.7 Å². The number of hydrogen-bond donors (Lipinski definition) is 1. The van der Waals surface area contributed by atoms with Gasteiger partial charge in [0.1, 0.15) is 11.5 Å². The number of nitrogens with zero attached hydrogens (tertiary/aromatic N) is 1. The van der Waals surface area contributed by atoms with Gasteiger partial charge in [-0.1, -0.05) is 6.07 Å². The van der Waals surface area contributed by atoms with Crippen LogP contribution in [0.2, 0.25) is 0 Å². The molecule has 6 heteroatoms. The van der Waals surface area contributed by atoms with Crippen molar-refractivity contribution in [2.75, 3.05) is 24.4 Å². The molecule has 2 aromatic rings. The summed E-state index contributed by atoms with van der Waals surface area (Å²) in [6.45, 7) is 1.71. The molecule has 1 N–H and O–H groups in total. The van der Waals surface area contributed by atoms with Gasteiger partial charge in [0, 0.05) is 18.3 Å². The van der Waals surface area contributed by atoms with Crippen LogP contribution in [0, 0.1) is 0 Å². The molecule has 0 saturated heterocycles. The molecule has 0 spiro atoms. The van der Waals surface area contributed by atoms with Crippen molar-refractivity contribution in [3.05, 3.63) is 48.0 Å². The third kappa shape index (κ3) is 2.90. The number of nitrogens with one attached hydrogen (secondary N) is 1. The monoisotopic (exact) mass is 326 g/mol. The summed E-state index contributed by atoms with van der Waals surface area (Å²) in [5.41, 5.74) is 1.70. The van der Waals surface area contributed by atoms with E-state index in [1.165, 1.54) is 4.90 Å². The molecule has 1 aliphatic rings. The molecule has 2 amide bonds. The van der Waals surface area contributed by atoms with Gasteiger partial charge in [-0.2, -0.15) is 0 Å². The maximum Gasteiger partial charge on any atom is 0.267 e. The van der Waals surface area contributed by atoms with E-state index in [1.54, 1.807) is 63.5 Å². The fraction of sp³-hybridized carbons (Fsp3) is 0.222. The lowest BCUT2D eigenvalue weighted by Gasteiger charge is -2.30. The van der Waals surface area contributed by atoms with Gasteiger partial charge in [-0.3, -0.25) is 9.59 Å². The first-order valence-electron chi connectivity index (χ1n) is 7.53. The van der Waals surface area contributed by atoms with Crippen LogP contribution in [0.3, 0.4) is 0 Å². The summed E-state index contributed by atoms with van der Waals surface area (Å²) in [4.78, 5) is 25.9. The zero-order valence-corrected chi connectivity index (χ0v) is 13.7. The van der Waals surface area contributed by atoms with Gasteiger partial charge in [-0.25, -0.2) is 0 Å². The third-order valence-electron chi connectivity index (χ3n) is 3.89. The fourth-order valence-corrected chi connectivity index (χ4v) is 2.56. The van der Waals surface area contributed by atoms with E-state index in [0.717, 1.165) is 0 Å². The molecule has 6 nitrogen and oxygen atoms in total. The van der Waals surface area contributed by atoms with Crippen molar-refractivity contribution in [2.24, 2.45) is 0 Å². The fourth-order valence-electron chi connectivity index (χ4n) is 2.56. The minimum atomic E-state index is -0.514. The van der Waals surface area contributed by atoms with E-state index in [4.69, 9.17) is 9.47 Å². The average molecular weight is 326 g/mol. The normalized spacial score (nSPS) is 16.2. The Balaban J connectivity index is 1.84. The molecule has 1 aliphatic heterocycles. The standard InChI is InChI=1S/C18H18N2O4/c1-11-18(22)20(2)15-10-13(7-8-16(15)24-11)19-17(21)12-5-4-6-14(9-12)23-3/h4-11H,1-3H3,(H,19,21)/t11-/m1/s1. The minimum absolute atomic E-state index is 0.126. The maximum atomic E-state index is 12.4. The Hall–Kier alpha value is -3.02. The van der Waals surface area contributed by atoms with E-state index >= 15 is 0 Å². The van der Waals surface area contributed by atoms with Crippen molar-refractivity contribution in [1.29, 1.82) is 0 Å². The van der Waals surface area contributed by atoms with Crippen molar-refractivity contribution >= 4 is 23.2 Å². The Morgan fingerprint density at radius 3 is 2.79 bits per heavy atom. The van der Waals surface area contributed by atoms with Gasteiger partial charge in [0.05, 0.1) is 12.8 Å². The molecule has 0 aliphatic carbocycles. The van der Waals surface area contributed by atoms with Crippen molar-refractivity contribution in [1.82, 2.24) is 0 Å². The molecule has 124 valence electrons. The lowest BCUT2D eigenvalue weighted by molar-refractivity contribution is -0.125. The molecule has 24 heavy (non-hydrogen) atoms. The zero-order chi connectivity index (χ0) is 17.3. The summed E-state index contributed by atoms with van der Waals surface area (Å²) in [6, 6.07) is 12.1. The van der Waals surface area contributed by atoms with Crippen molar-refractivity contribution < 1.29 is 19.1 Å². The van der Waals surface area contributed by atoms with E-state index in [1.807, 2.05) is 0 Å². The van der Waals surface area contributed by atoms with Gasteiger partial charge < -0.3 is 19.7 Å². The number of ether oxygens (including phenoxy) is 2. The number of rotatable bonds is 3. The van der Waals surface area contributed by atoms with Crippen LogP contribution >= 0.6 is 0 Å². The first kappa shape index (κ1) is 15.9. The molecule has 3 rings (SSSR count). The van der Waals surface area contributed by atoms with Gasteiger partial charge in [-0.05, 0) is 43.3 Å². The number of carbonyl (C=O) groups is 2. The first-order chi connectivity index (χ1) is 11.5. The Morgan fingerprint density at radius 1 is 1.25 bits per heavy atom. The second kappa shape index (κ2) is 6.23. The van der Waals surface area contributed by atoms with Gasteiger partial charge in [-0.15, -0.1) is 0 Å². The molecular weight excluding hydrogens is 308 g/mol. The van der Waals surface area contributed by atoms with E-state index in [0.29, 0.717) is 28.4 Å². The van der Waals surface area contributed by atoms with Crippen LogP contribution in [0.15, 0.2) is 42.5 Å². The van der Waals surface area contributed by atoms with Crippen LogP contribution in [-0.2, 0) is 4.79 Å². The largest absolute Gasteiger partial charge is 0.497 e. The predicted molar refractivity (Wildman–Crippen MR) is 90.9 cm³/mol. The van der Waals surface area contributed by atoms with E-state index in [-0.39, 0.29) is 11.8 Å². The lowest BCUT2D eigenvalue weighted by Crippen LogP contribution is -2.41. The highest BCUT2D eigenvalue weighted by atomic mass is 16.5. The predicted octanol–water partition coefficient (Wildman–Crippen LogP) is 2.69. The Labute approximate surface area is 140 Å². The number of amides is 2. The Morgan fingerprint density at radius 2 is 2.04 bits per heavy atom. The molecule has 1 atom stereocenters. The summed E-state index contributed by atoms with van der Waals surface area (Å²) < 4.78 is 10.7. The molecular formula is C18H18N2O4. The van der Waals surface area contributed by atoms with Crippen molar-refractivity contribution in [3.63, 3.8) is 0 Å². The van der Waals surface area contributed by atoms with Gasteiger partial charge in [0.2, 0.25) is 0 Å². The van der Waals surface area contributed by atoms with E-state index in [9.17, 15) is 9.59 Å². The molecule has 0 fully saturated rings. The van der Waals surface area contributed by atoms with Crippen LogP contribution in [0.5, 0.6) is 11.5 Å². The van der Waals surface area contributed by atoms with Gasteiger partial charge >= 0.3 is 0 Å². The highest BCUT2D eigenvalue weighted by molar-refractivity contribution is 6.05. The number of fused-ring (bicyclic) bond motifs is 1. The maximum absolute atomic E-state index is 12.4. The quantitative estimate of drug-likeness (QED) is 0.941. The number of benzene rings is 2.